The van der Waals surface area contributed by atoms with Crippen LogP contribution >= 0.6 is 0 Å². The first-order chi connectivity index (χ1) is 21.4. The van der Waals surface area contributed by atoms with Gasteiger partial charge in [-0.25, -0.2) is 9.97 Å². The van der Waals surface area contributed by atoms with Crippen molar-refractivity contribution in [1.29, 1.82) is 0 Å². The Balaban J connectivity index is 0.000000182. The molecule has 2 fully saturated rings. The van der Waals surface area contributed by atoms with E-state index in [2.05, 4.69) is 35.2 Å². The van der Waals surface area contributed by atoms with Gasteiger partial charge in [0.25, 0.3) is 11.1 Å². The number of fused-ring (bicyclic) bond motifs is 2. The monoisotopic (exact) mass is 635 g/mol. The number of aliphatic hydroxyl groups is 5. The van der Waals surface area contributed by atoms with E-state index >= 15 is 0 Å². The number of nitrogen functional groups attached to an aromatic ring is 1. The molecule has 0 bridgehead atoms. The van der Waals surface area contributed by atoms with Crippen molar-refractivity contribution < 1.29 is 39.8 Å². The van der Waals surface area contributed by atoms with Crippen LogP contribution in [0.25, 0.3) is 22.3 Å². The number of anilines is 2. The number of imidazole rings is 2. The lowest BCUT2D eigenvalue weighted by Gasteiger charge is -2.16. The average Bonchev–Trinajstić information content (AvgIpc) is 3.75. The molecular formula is C24H33N11O10. The molecule has 0 aromatic carbocycles. The number of amides is 1. The van der Waals surface area contributed by atoms with Gasteiger partial charge in [0.1, 0.15) is 36.6 Å². The van der Waals surface area contributed by atoms with Crippen LogP contribution in [-0.4, -0.2) is 120 Å². The Morgan fingerprint density at radius 2 is 1.42 bits per heavy atom. The number of ether oxygens (including phenoxy) is 2. The quantitative estimate of drug-likeness (QED) is 0.0956. The number of hydrogen-bond acceptors (Lipinski definition) is 16. The van der Waals surface area contributed by atoms with E-state index in [0.29, 0.717) is 0 Å². The van der Waals surface area contributed by atoms with Crippen LogP contribution in [0.5, 0.6) is 0 Å². The first-order valence-electron chi connectivity index (χ1n) is 13.7. The molecule has 244 valence electrons. The molecule has 0 saturated carbocycles. The van der Waals surface area contributed by atoms with E-state index in [1.807, 2.05) is 0 Å². The van der Waals surface area contributed by atoms with Crippen LogP contribution in [-0.2, 0) is 14.3 Å². The summed E-state index contributed by atoms with van der Waals surface area (Å²) < 4.78 is 13.5. The molecule has 4 aromatic rings. The molecule has 8 unspecified atom stereocenters. The van der Waals surface area contributed by atoms with Gasteiger partial charge >= 0.3 is 0 Å². The number of nitrogens with one attached hydrogen (secondary N) is 3. The van der Waals surface area contributed by atoms with Gasteiger partial charge in [-0.05, 0) is 0 Å². The second kappa shape index (κ2) is 12.6. The highest BCUT2D eigenvalue weighted by Crippen LogP contribution is 2.32. The Bertz CT molecular complexity index is 1800. The zero-order chi connectivity index (χ0) is 32.7. The predicted octanol–water partition coefficient (Wildman–Crippen LogP) is -4.39. The highest BCUT2D eigenvalue weighted by atomic mass is 16.6. The van der Waals surface area contributed by atoms with Crippen molar-refractivity contribution in [3.63, 3.8) is 0 Å². The fourth-order valence-corrected chi connectivity index (χ4v) is 4.83. The van der Waals surface area contributed by atoms with Crippen molar-refractivity contribution in [1.82, 2.24) is 39.0 Å². The molecular weight excluding hydrogens is 602 g/mol. The Morgan fingerprint density at radius 3 is 1.91 bits per heavy atom. The molecule has 0 aliphatic carbocycles. The minimum Gasteiger partial charge on any atom is -0.394 e. The molecule has 21 heteroatoms. The Labute approximate surface area is 251 Å². The van der Waals surface area contributed by atoms with Gasteiger partial charge in [-0.2, -0.15) is 9.97 Å². The molecule has 21 nitrogen and oxygen atoms in total. The summed E-state index contributed by atoms with van der Waals surface area (Å²) in [5.41, 5.74) is 10.2. The molecule has 2 aliphatic heterocycles. The minimum absolute atomic E-state index is 0.0136. The average molecular weight is 636 g/mol. The molecule has 2 saturated heterocycles. The number of aromatic amines is 2. The molecule has 0 spiro atoms. The molecule has 45 heavy (non-hydrogen) atoms. The van der Waals surface area contributed by atoms with Gasteiger partial charge in [-0.3, -0.25) is 38.8 Å². The van der Waals surface area contributed by atoms with Crippen molar-refractivity contribution in [3.05, 3.63) is 33.4 Å². The molecule has 0 radical (unpaired) electrons. The van der Waals surface area contributed by atoms with Crippen molar-refractivity contribution in [3.8, 4) is 0 Å². The third-order valence-corrected chi connectivity index (χ3v) is 7.28. The lowest BCUT2D eigenvalue weighted by atomic mass is 10.1. The lowest BCUT2D eigenvalue weighted by molar-refractivity contribution is -0.118. The number of hydrogen-bond donors (Lipinski definition) is 10. The fourth-order valence-electron chi connectivity index (χ4n) is 4.83. The number of aromatic nitrogens is 8. The number of rotatable bonds is 6. The van der Waals surface area contributed by atoms with Crippen LogP contribution in [0.1, 0.15) is 26.3 Å². The maximum Gasteiger partial charge on any atom is 0.280 e. The number of carbonyl (C=O) groups excluding carboxylic acids is 1. The topological polar surface area (TPSA) is 328 Å². The van der Waals surface area contributed by atoms with Gasteiger partial charge in [0.05, 0.1) is 19.3 Å². The van der Waals surface area contributed by atoms with Crippen LogP contribution < -0.4 is 27.9 Å². The normalized spacial score (nSPS) is 28.1. The van der Waals surface area contributed by atoms with Gasteiger partial charge in [0.15, 0.2) is 34.8 Å². The second-order valence-electron chi connectivity index (χ2n) is 10.7. The summed E-state index contributed by atoms with van der Waals surface area (Å²) in [7, 11) is 0. The Hall–Kier alpha value is -4.35. The third kappa shape index (κ3) is 5.89. The number of aliphatic hydroxyl groups excluding tert-OH is 5. The summed E-state index contributed by atoms with van der Waals surface area (Å²) in [5, 5.41) is 51.5. The van der Waals surface area contributed by atoms with Gasteiger partial charge < -0.3 is 46.5 Å². The molecule has 4 aromatic heterocycles. The summed E-state index contributed by atoms with van der Waals surface area (Å²) >= 11 is 0. The molecule has 6 rings (SSSR count). The van der Waals surface area contributed by atoms with Gasteiger partial charge in [0, 0.05) is 12.5 Å². The van der Waals surface area contributed by atoms with Crippen LogP contribution in [0, 0.1) is 5.92 Å². The van der Waals surface area contributed by atoms with E-state index in [0.717, 1.165) is 0 Å². The van der Waals surface area contributed by atoms with Crippen LogP contribution in [0.3, 0.4) is 0 Å². The van der Waals surface area contributed by atoms with E-state index in [-0.39, 0.29) is 52.6 Å². The SMILES string of the molecule is CC(C)C(=O)Nc1nc2c(ncn2C2OC(CO)C(O)C2O)c(=O)[nH]1.NCC1OC(n2cnc3c(=O)[nH]c(N)nc32)C(O)C1O. The summed E-state index contributed by atoms with van der Waals surface area (Å²) in [6.07, 6.45) is -6.12. The van der Waals surface area contributed by atoms with E-state index in [9.17, 15) is 39.9 Å². The molecule has 12 N–H and O–H groups in total. The Kier molecular flexibility index (Phi) is 8.95. The highest BCUT2D eigenvalue weighted by molar-refractivity contribution is 5.91. The number of nitrogens with zero attached hydrogens (tertiary/aromatic N) is 6. The molecule has 8 atom stereocenters. The highest BCUT2D eigenvalue weighted by Gasteiger charge is 2.45. The van der Waals surface area contributed by atoms with Crippen molar-refractivity contribution in [2.45, 2.75) is 62.9 Å². The smallest absolute Gasteiger partial charge is 0.280 e. The minimum atomic E-state index is -1.34. The predicted molar refractivity (Wildman–Crippen MR) is 152 cm³/mol. The standard InChI is InChI=1S/C14H19N5O6.C10H14N6O4/c1-5(2)11(23)17-14-16-10-7(12(24)18-14)15-4-19(10)13-9(22)8(21)6(3-20)25-13;11-1-3-5(17)6(18)9(20-3)16-2-13-4-7(16)14-10(12)15-8(4)19/h4-6,8-9,13,20-22H,3H2,1-2H3,(H2,16,17,18,23,24);2-3,5-6,9,17-18H,1,11H2,(H3,12,14,15,19). The maximum absolute atomic E-state index is 12.1. The molecule has 1 amide bonds. The summed E-state index contributed by atoms with van der Waals surface area (Å²) in [4.78, 5) is 56.3. The molecule has 2 aliphatic rings. The largest absolute Gasteiger partial charge is 0.394 e. The number of nitrogens with two attached hydrogens (primary N) is 2. The first-order valence-corrected chi connectivity index (χ1v) is 13.7. The third-order valence-electron chi connectivity index (χ3n) is 7.28. The Morgan fingerprint density at radius 1 is 0.911 bits per heavy atom. The summed E-state index contributed by atoms with van der Waals surface area (Å²) in [5.74, 6) is -0.787. The van der Waals surface area contributed by atoms with Crippen molar-refractivity contribution in [2.24, 2.45) is 11.7 Å². The van der Waals surface area contributed by atoms with Gasteiger partial charge in [-0.1, -0.05) is 13.8 Å². The maximum atomic E-state index is 12.1. The molecule has 6 heterocycles. The first kappa shape index (κ1) is 32.1. The van der Waals surface area contributed by atoms with E-state index in [1.165, 1.54) is 21.8 Å². The van der Waals surface area contributed by atoms with Crippen LogP contribution in [0.4, 0.5) is 11.9 Å². The van der Waals surface area contributed by atoms with E-state index in [1.54, 1.807) is 13.8 Å². The summed E-state index contributed by atoms with van der Waals surface area (Å²) in [6, 6.07) is 0. The number of H-pyrrole nitrogens is 2. The zero-order valence-corrected chi connectivity index (χ0v) is 23.9. The number of carbonyl (C=O) groups is 1. The van der Waals surface area contributed by atoms with Crippen molar-refractivity contribution >= 4 is 40.1 Å². The van der Waals surface area contributed by atoms with Crippen LogP contribution in [0.2, 0.25) is 0 Å². The lowest BCUT2D eigenvalue weighted by Crippen LogP contribution is -2.35. The van der Waals surface area contributed by atoms with Crippen LogP contribution in [0.15, 0.2) is 22.2 Å². The van der Waals surface area contributed by atoms with E-state index < -0.39 is 66.8 Å². The van der Waals surface area contributed by atoms with Gasteiger partial charge in [-0.15, -0.1) is 0 Å². The zero-order valence-electron chi connectivity index (χ0n) is 23.9. The second-order valence-corrected chi connectivity index (χ2v) is 10.7. The summed E-state index contributed by atoms with van der Waals surface area (Å²) in [6.45, 7) is 2.95. The van der Waals surface area contributed by atoms with Gasteiger partial charge in [0.2, 0.25) is 17.8 Å². The fraction of sp³-hybridized carbons (Fsp3) is 0.542. The van der Waals surface area contributed by atoms with E-state index in [4.69, 9.17) is 20.9 Å². The van der Waals surface area contributed by atoms with Crippen molar-refractivity contribution in [2.75, 3.05) is 24.2 Å².